The molecule has 1 atom stereocenters. The van der Waals surface area contributed by atoms with Gasteiger partial charge in [0.1, 0.15) is 12.6 Å². The van der Waals surface area contributed by atoms with Crippen molar-refractivity contribution in [2.45, 2.75) is 32.4 Å². The molecule has 0 N–H and O–H groups in total. The van der Waals surface area contributed by atoms with Gasteiger partial charge in [0.05, 0.1) is 7.11 Å². The van der Waals surface area contributed by atoms with Gasteiger partial charge in [0, 0.05) is 29.6 Å². The Morgan fingerprint density at radius 3 is 2.83 bits per heavy atom. The van der Waals surface area contributed by atoms with Crippen LogP contribution in [0.1, 0.15) is 35.4 Å². The lowest BCUT2D eigenvalue weighted by Gasteiger charge is -2.33. The van der Waals surface area contributed by atoms with Crippen LogP contribution in [-0.2, 0) is 32.0 Å². The summed E-state index contributed by atoms with van der Waals surface area (Å²) in [5.74, 6) is -0.756. The number of rotatable bonds is 8. The molecule has 2 aromatic rings. The molecule has 156 valence electrons. The van der Waals surface area contributed by atoms with Gasteiger partial charge in [0.15, 0.2) is 5.06 Å². The summed E-state index contributed by atoms with van der Waals surface area (Å²) in [6.07, 6.45) is 1.60. The van der Waals surface area contributed by atoms with E-state index in [9.17, 15) is 9.59 Å². The molecular formula is C21H24ClNO5S. The lowest BCUT2D eigenvalue weighted by atomic mass is 10.0. The van der Waals surface area contributed by atoms with Crippen molar-refractivity contribution in [3.05, 3.63) is 51.4 Å². The second kappa shape index (κ2) is 10.2. The van der Waals surface area contributed by atoms with Crippen molar-refractivity contribution in [2.75, 3.05) is 26.9 Å². The third kappa shape index (κ3) is 5.36. The zero-order valence-electron chi connectivity index (χ0n) is 16.5. The molecule has 0 unspecified atom stereocenters. The van der Waals surface area contributed by atoms with Crippen LogP contribution < -0.4 is 4.74 Å². The molecule has 1 aromatic heterocycles. The molecule has 0 aliphatic carbocycles. The minimum absolute atomic E-state index is 0.0561. The maximum atomic E-state index is 12.5. The zero-order valence-corrected chi connectivity index (χ0v) is 18.1. The van der Waals surface area contributed by atoms with Crippen molar-refractivity contribution in [1.29, 1.82) is 0 Å². The number of halogens is 1. The quantitative estimate of drug-likeness (QED) is 0.459. The van der Waals surface area contributed by atoms with Crippen LogP contribution in [0.3, 0.4) is 0 Å². The Morgan fingerprint density at radius 1 is 1.31 bits per heavy atom. The van der Waals surface area contributed by atoms with Gasteiger partial charge in [0.25, 0.3) is 0 Å². The highest BCUT2D eigenvalue weighted by Crippen LogP contribution is 2.37. The first kappa shape index (κ1) is 21.8. The van der Waals surface area contributed by atoms with E-state index in [-0.39, 0.29) is 12.6 Å². The van der Waals surface area contributed by atoms with Crippen LogP contribution in [0.2, 0.25) is 5.02 Å². The summed E-state index contributed by atoms with van der Waals surface area (Å²) in [7, 11) is 1.38. The number of ether oxygens (including phenoxy) is 3. The third-order valence-electron chi connectivity index (χ3n) is 4.65. The largest absolute Gasteiger partial charge is 0.468 e. The second-order valence-corrected chi connectivity index (χ2v) is 8.21. The van der Waals surface area contributed by atoms with E-state index in [2.05, 4.69) is 0 Å². The van der Waals surface area contributed by atoms with Crippen molar-refractivity contribution in [3.63, 3.8) is 0 Å². The fourth-order valence-corrected chi connectivity index (χ4v) is 4.59. The zero-order chi connectivity index (χ0) is 20.8. The summed E-state index contributed by atoms with van der Waals surface area (Å²) in [5, 5.41) is 1.08. The standard InChI is InChI=1S/C21H24ClNO5S/c1-3-10-27-13-18(24)28-19-11-14-12-23(9-8-17(14)29-19)20(21(25)26-2)15-6-4-5-7-16(15)22/h4-7,11,20H,3,8-10,12-13H2,1-2H3/t20-/m0/s1. The molecule has 0 radical (unpaired) electrons. The number of carbonyl (C=O) groups is 2. The summed E-state index contributed by atoms with van der Waals surface area (Å²) in [5.41, 5.74) is 1.76. The minimum Gasteiger partial charge on any atom is -0.468 e. The number of carbonyl (C=O) groups excluding carboxylic acids is 2. The molecule has 1 aromatic carbocycles. The molecular weight excluding hydrogens is 414 g/mol. The highest BCUT2D eigenvalue weighted by atomic mass is 35.5. The SMILES string of the molecule is CCCOCC(=O)Oc1cc2c(s1)CCN([C@H](C(=O)OC)c1ccccc1Cl)C2. The fraction of sp³-hybridized carbons (Fsp3) is 0.429. The maximum Gasteiger partial charge on any atom is 0.338 e. The summed E-state index contributed by atoms with van der Waals surface area (Å²) in [6.45, 7) is 3.67. The van der Waals surface area contributed by atoms with E-state index < -0.39 is 12.0 Å². The Hall–Kier alpha value is -1.93. The smallest absolute Gasteiger partial charge is 0.338 e. The predicted molar refractivity (Wildman–Crippen MR) is 111 cm³/mol. The first-order valence-corrected chi connectivity index (χ1v) is 10.7. The number of fused-ring (bicyclic) bond motifs is 1. The summed E-state index contributed by atoms with van der Waals surface area (Å²) < 4.78 is 15.7. The van der Waals surface area contributed by atoms with Crippen LogP contribution >= 0.6 is 22.9 Å². The van der Waals surface area contributed by atoms with Gasteiger partial charge in [-0.25, -0.2) is 9.59 Å². The van der Waals surface area contributed by atoms with Gasteiger partial charge in [-0.2, -0.15) is 0 Å². The lowest BCUT2D eigenvalue weighted by Crippen LogP contribution is -2.38. The first-order chi connectivity index (χ1) is 14.0. The number of thiophene rings is 1. The minimum atomic E-state index is -0.588. The molecule has 0 saturated carbocycles. The molecule has 0 amide bonds. The van der Waals surface area contributed by atoms with Gasteiger partial charge in [-0.1, -0.05) is 36.7 Å². The van der Waals surface area contributed by atoms with Crippen molar-refractivity contribution in [1.82, 2.24) is 4.90 Å². The first-order valence-electron chi connectivity index (χ1n) is 9.49. The second-order valence-electron chi connectivity index (χ2n) is 6.71. The van der Waals surface area contributed by atoms with Crippen molar-refractivity contribution < 1.29 is 23.8 Å². The van der Waals surface area contributed by atoms with Crippen LogP contribution in [0, 0.1) is 0 Å². The van der Waals surface area contributed by atoms with E-state index in [1.165, 1.54) is 18.4 Å². The van der Waals surface area contributed by atoms with Gasteiger partial charge in [-0.3, -0.25) is 4.90 Å². The maximum absolute atomic E-state index is 12.5. The molecule has 0 spiro atoms. The monoisotopic (exact) mass is 437 g/mol. The van der Waals surface area contributed by atoms with Crippen LogP contribution in [0.5, 0.6) is 5.06 Å². The third-order valence-corrected chi connectivity index (χ3v) is 6.11. The Labute approximate surface area is 179 Å². The van der Waals surface area contributed by atoms with Crippen molar-refractivity contribution in [2.24, 2.45) is 0 Å². The van der Waals surface area contributed by atoms with Gasteiger partial charge in [-0.15, -0.1) is 11.3 Å². The molecule has 0 bridgehead atoms. The fourth-order valence-electron chi connectivity index (χ4n) is 3.32. The molecule has 3 rings (SSSR count). The average Bonchev–Trinajstić information content (AvgIpc) is 3.11. The molecule has 1 aliphatic heterocycles. The van der Waals surface area contributed by atoms with Crippen LogP contribution in [0.15, 0.2) is 30.3 Å². The van der Waals surface area contributed by atoms with Gasteiger partial charge >= 0.3 is 11.9 Å². The van der Waals surface area contributed by atoms with Crippen LogP contribution in [-0.4, -0.2) is 43.7 Å². The highest BCUT2D eigenvalue weighted by molar-refractivity contribution is 7.14. The predicted octanol–water partition coefficient (Wildman–Crippen LogP) is 4.01. The number of esters is 2. The summed E-state index contributed by atoms with van der Waals surface area (Å²) in [4.78, 5) is 27.6. The molecule has 2 heterocycles. The van der Waals surface area contributed by atoms with Crippen LogP contribution in [0.4, 0.5) is 0 Å². The number of nitrogens with zero attached hydrogens (tertiary/aromatic N) is 1. The van der Waals surface area contributed by atoms with E-state index >= 15 is 0 Å². The Morgan fingerprint density at radius 2 is 2.10 bits per heavy atom. The Kier molecular flexibility index (Phi) is 7.66. The summed E-state index contributed by atoms with van der Waals surface area (Å²) >= 11 is 7.81. The Bertz CT molecular complexity index is 869. The van der Waals surface area contributed by atoms with Crippen molar-refractivity contribution in [3.8, 4) is 5.06 Å². The van der Waals surface area contributed by atoms with Crippen molar-refractivity contribution >= 4 is 34.9 Å². The number of methoxy groups -OCH3 is 1. The normalized spacial score (nSPS) is 14.9. The van der Waals surface area contributed by atoms with Gasteiger partial charge in [-0.05, 0) is 36.1 Å². The lowest BCUT2D eigenvalue weighted by molar-refractivity contribution is -0.147. The van der Waals surface area contributed by atoms with E-state index in [1.807, 2.05) is 36.1 Å². The molecule has 8 heteroatoms. The molecule has 1 aliphatic rings. The van der Waals surface area contributed by atoms with Crippen LogP contribution in [0.25, 0.3) is 0 Å². The Balaban J connectivity index is 1.74. The molecule has 6 nitrogen and oxygen atoms in total. The van der Waals surface area contributed by atoms with Gasteiger partial charge < -0.3 is 14.2 Å². The number of hydrogen-bond acceptors (Lipinski definition) is 7. The highest BCUT2D eigenvalue weighted by Gasteiger charge is 2.33. The summed E-state index contributed by atoms with van der Waals surface area (Å²) in [6, 6.07) is 8.58. The number of benzene rings is 1. The molecule has 0 fully saturated rings. The van der Waals surface area contributed by atoms with Gasteiger partial charge in [0.2, 0.25) is 0 Å². The molecule has 29 heavy (non-hydrogen) atoms. The number of hydrogen-bond donors (Lipinski definition) is 0. The molecule has 0 saturated heterocycles. The van der Waals surface area contributed by atoms with E-state index in [0.717, 1.165) is 28.8 Å². The van der Waals surface area contributed by atoms with E-state index in [0.29, 0.717) is 29.8 Å². The van der Waals surface area contributed by atoms with E-state index in [1.54, 1.807) is 6.07 Å². The average molecular weight is 438 g/mol. The topological polar surface area (TPSA) is 65.1 Å². The van der Waals surface area contributed by atoms with E-state index in [4.69, 9.17) is 25.8 Å².